The molecular weight excluding hydrogens is 381 g/mol. The molecule has 4 atom stereocenters. The van der Waals surface area contributed by atoms with Crippen molar-refractivity contribution in [3.63, 3.8) is 0 Å². The lowest BCUT2D eigenvalue weighted by Crippen LogP contribution is -2.54. The molecule has 4 nitrogen and oxygen atoms in total. The SMILES string of the molecule is CC1CN(Cc2ccccc2)CC(C)C1NC(=O)C[C@@H]1CCC[C@H]1N.Cl.Cl. The van der Waals surface area contributed by atoms with Gasteiger partial charge in [-0.3, -0.25) is 9.69 Å². The summed E-state index contributed by atoms with van der Waals surface area (Å²) in [4.78, 5) is 15.0. The number of nitrogens with two attached hydrogens (primary N) is 1. The number of piperidine rings is 1. The minimum absolute atomic E-state index is 0. The fourth-order valence-corrected chi connectivity index (χ4v) is 4.73. The largest absolute Gasteiger partial charge is 0.353 e. The zero-order valence-corrected chi connectivity index (χ0v) is 18.1. The molecule has 1 saturated heterocycles. The lowest BCUT2D eigenvalue weighted by Gasteiger charge is -2.42. The van der Waals surface area contributed by atoms with Crippen LogP contribution < -0.4 is 11.1 Å². The molecule has 0 radical (unpaired) electrons. The van der Waals surface area contributed by atoms with E-state index in [1.165, 1.54) is 12.0 Å². The second-order valence-electron chi connectivity index (χ2n) is 8.29. The normalized spacial score (nSPS) is 30.9. The monoisotopic (exact) mass is 415 g/mol. The van der Waals surface area contributed by atoms with E-state index in [0.29, 0.717) is 24.2 Å². The molecule has 3 rings (SSSR count). The third-order valence-corrected chi connectivity index (χ3v) is 6.06. The van der Waals surface area contributed by atoms with Crippen molar-refractivity contribution in [3.8, 4) is 0 Å². The summed E-state index contributed by atoms with van der Waals surface area (Å²) in [5, 5.41) is 3.33. The molecule has 0 spiro atoms. The number of nitrogens with zero attached hydrogens (tertiary/aromatic N) is 1. The number of halogens is 2. The van der Waals surface area contributed by atoms with Gasteiger partial charge in [-0.15, -0.1) is 24.8 Å². The van der Waals surface area contributed by atoms with Gasteiger partial charge in [0.25, 0.3) is 0 Å². The van der Waals surface area contributed by atoms with Gasteiger partial charge in [0, 0.05) is 38.1 Å². The highest BCUT2D eigenvalue weighted by molar-refractivity contribution is 5.85. The molecule has 1 aliphatic heterocycles. The number of hydrogen-bond donors (Lipinski definition) is 2. The lowest BCUT2D eigenvalue weighted by atomic mass is 9.85. The number of hydrogen-bond acceptors (Lipinski definition) is 3. The molecule has 3 N–H and O–H groups in total. The first-order valence-electron chi connectivity index (χ1n) is 9.84. The highest BCUT2D eigenvalue weighted by atomic mass is 35.5. The van der Waals surface area contributed by atoms with Crippen molar-refractivity contribution in [2.75, 3.05) is 13.1 Å². The fourth-order valence-electron chi connectivity index (χ4n) is 4.73. The fraction of sp³-hybridized carbons (Fsp3) is 0.667. The van der Waals surface area contributed by atoms with Crippen LogP contribution in [-0.2, 0) is 11.3 Å². The number of carbonyl (C=O) groups is 1. The van der Waals surface area contributed by atoms with Crippen LogP contribution in [0.3, 0.4) is 0 Å². The van der Waals surface area contributed by atoms with Gasteiger partial charge in [-0.25, -0.2) is 0 Å². The maximum Gasteiger partial charge on any atom is 0.220 e. The maximum absolute atomic E-state index is 12.5. The van der Waals surface area contributed by atoms with Gasteiger partial charge in [0.1, 0.15) is 0 Å². The number of rotatable bonds is 5. The summed E-state index contributed by atoms with van der Waals surface area (Å²) in [5.41, 5.74) is 7.48. The molecular formula is C21H35Cl2N3O. The van der Waals surface area contributed by atoms with Crippen molar-refractivity contribution in [1.82, 2.24) is 10.2 Å². The van der Waals surface area contributed by atoms with Crippen LogP contribution in [0.4, 0.5) is 0 Å². The van der Waals surface area contributed by atoms with Crippen LogP contribution in [0.25, 0.3) is 0 Å². The average Bonchev–Trinajstić information content (AvgIpc) is 2.97. The molecule has 1 saturated carbocycles. The van der Waals surface area contributed by atoms with E-state index >= 15 is 0 Å². The zero-order chi connectivity index (χ0) is 17.8. The molecule has 1 aliphatic carbocycles. The minimum atomic E-state index is 0. The van der Waals surface area contributed by atoms with Crippen LogP contribution in [0.15, 0.2) is 30.3 Å². The van der Waals surface area contributed by atoms with Gasteiger partial charge >= 0.3 is 0 Å². The average molecular weight is 416 g/mol. The molecule has 2 fully saturated rings. The molecule has 2 unspecified atom stereocenters. The van der Waals surface area contributed by atoms with Crippen LogP contribution in [0.1, 0.15) is 45.1 Å². The van der Waals surface area contributed by atoms with Crippen LogP contribution >= 0.6 is 24.8 Å². The van der Waals surface area contributed by atoms with E-state index in [4.69, 9.17) is 5.73 Å². The Morgan fingerprint density at radius 3 is 2.30 bits per heavy atom. The molecule has 2 aliphatic rings. The van der Waals surface area contributed by atoms with E-state index in [9.17, 15) is 4.79 Å². The van der Waals surface area contributed by atoms with Crippen LogP contribution in [0.5, 0.6) is 0 Å². The summed E-state index contributed by atoms with van der Waals surface area (Å²) in [5.74, 6) is 1.51. The molecule has 27 heavy (non-hydrogen) atoms. The smallest absolute Gasteiger partial charge is 0.220 e. The zero-order valence-electron chi connectivity index (χ0n) is 16.5. The maximum atomic E-state index is 12.5. The second kappa shape index (κ2) is 11.3. The number of benzene rings is 1. The van der Waals surface area contributed by atoms with Crippen molar-refractivity contribution >= 4 is 30.7 Å². The van der Waals surface area contributed by atoms with E-state index in [2.05, 4.69) is 54.4 Å². The highest BCUT2D eigenvalue weighted by Crippen LogP contribution is 2.28. The quantitative estimate of drug-likeness (QED) is 0.771. The van der Waals surface area contributed by atoms with Gasteiger partial charge in [-0.05, 0) is 36.2 Å². The van der Waals surface area contributed by atoms with E-state index in [0.717, 1.165) is 32.5 Å². The van der Waals surface area contributed by atoms with Crippen molar-refractivity contribution < 1.29 is 4.79 Å². The van der Waals surface area contributed by atoms with Crippen molar-refractivity contribution in [2.45, 2.75) is 58.2 Å². The summed E-state index contributed by atoms with van der Waals surface area (Å²) < 4.78 is 0. The van der Waals surface area contributed by atoms with Crippen molar-refractivity contribution in [1.29, 1.82) is 0 Å². The molecule has 154 valence electrons. The lowest BCUT2D eigenvalue weighted by molar-refractivity contribution is -0.124. The van der Waals surface area contributed by atoms with E-state index < -0.39 is 0 Å². The molecule has 0 aromatic heterocycles. The summed E-state index contributed by atoms with van der Waals surface area (Å²) in [6.45, 7) is 7.59. The molecule has 1 amide bonds. The molecule has 1 heterocycles. The van der Waals surface area contributed by atoms with Gasteiger partial charge in [0.2, 0.25) is 5.91 Å². The number of likely N-dealkylation sites (tertiary alicyclic amines) is 1. The topological polar surface area (TPSA) is 58.4 Å². The Hall–Kier alpha value is -0.810. The summed E-state index contributed by atoms with van der Waals surface area (Å²) in [6, 6.07) is 11.1. The third kappa shape index (κ3) is 6.63. The highest BCUT2D eigenvalue weighted by Gasteiger charge is 2.34. The molecule has 1 aromatic carbocycles. The Morgan fingerprint density at radius 1 is 1.11 bits per heavy atom. The van der Waals surface area contributed by atoms with Crippen LogP contribution in [0.2, 0.25) is 0 Å². The minimum Gasteiger partial charge on any atom is -0.353 e. The first kappa shape index (κ1) is 24.2. The van der Waals surface area contributed by atoms with Crippen LogP contribution in [0, 0.1) is 17.8 Å². The molecule has 1 aromatic rings. The van der Waals surface area contributed by atoms with Gasteiger partial charge in [0.05, 0.1) is 0 Å². The Balaban J connectivity index is 0.00000182. The number of nitrogens with one attached hydrogen (secondary N) is 1. The van der Waals surface area contributed by atoms with Gasteiger partial charge in [-0.2, -0.15) is 0 Å². The van der Waals surface area contributed by atoms with E-state index in [1.54, 1.807) is 0 Å². The number of carbonyl (C=O) groups excluding carboxylic acids is 1. The Labute approximate surface area is 176 Å². The summed E-state index contributed by atoms with van der Waals surface area (Å²) >= 11 is 0. The summed E-state index contributed by atoms with van der Waals surface area (Å²) in [7, 11) is 0. The predicted molar refractivity (Wildman–Crippen MR) is 116 cm³/mol. The predicted octanol–water partition coefficient (Wildman–Crippen LogP) is 3.62. The van der Waals surface area contributed by atoms with Gasteiger partial charge in [-0.1, -0.05) is 50.6 Å². The first-order chi connectivity index (χ1) is 12.0. The van der Waals surface area contributed by atoms with E-state index in [1.807, 2.05) is 0 Å². The molecule has 0 bridgehead atoms. The van der Waals surface area contributed by atoms with Crippen molar-refractivity contribution in [2.24, 2.45) is 23.5 Å². The summed E-state index contributed by atoms with van der Waals surface area (Å²) in [6.07, 6.45) is 3.95. The van der Waals surface area contributed by atoms with Crippen molar-refractivity contribution in [3.05, 3.63) is 35.9 Å². The Morgan fingerprint density at radius 2 is 1.74 bits per heavy atom. The standard InChI is InChI=1S/C21H33N3O.2ClH/c1-15-12-24(14-17-7-4-3-5-8-17)13-16(2)21(15)23-20(25)11-18-9-6-10-19(18)22;;/h3-5,7-8,15-16,18-19,21H,6,9-14,22H2,1-2H3,(H,23,25);2*1H/t15?,16?,18-,19+,21?;;/m0../s1. The second-order valence-corrected chi connectivity index (χ2v) is 8.29. The Kier molecular flexibility index (Phi) is 10.1. The van der Waals surface area contributed by atoms with Gasteiger partial charge < -0.3 is 11.1 Å². The van der Waals surface area contributed by atoms with E-state index in [-0.39, 0.29) is 42.8 Å². The Bertz CT molecular complexity index is 560. The third-order valence-electron chi connectivity index (χ3n) is 6.06. The van der Waals surface area contributed by atoms with Crippen LogP contribution in [-0.4, -0.2) is 36.0 Å². The number of amides is 1. The van der Waals surface area contributed by atoms with Gasteiger partial charge in [0.15, 0.2) is 0 Å². The first-order valence-corrected chi connectivity index (χ1v) is 9.84. The molecule has 6 heteroatoms.